The van der Waals surface area contributed by atoms with E-state index in [-0.39, 0.29) is 24.2 Å². The third kappa shape index (κ3) is 6.39. The standard InChI is InChI=1S/C26H30N4O3S/c1-5-33-25(31)12-13-30(16-18(2)3)26(32)20-8-11-23-22(14-20)28-24(29(23)4)17-34-21-9-6-19(15-27)7-10-21/h6-11,14,18H,5,12-13,16-17H2,1-4H3. The van der Waals surface area contributed by atoms with Gasteiger partial charge in [0.1, 0.15) is 5.82 Å². The maximum absolute atomic E-state index is 13.3. The zero-order chi connectivity index (χ0) is 24.7. The van der Waals surface area contributed by atoms with Crippen LogP contribution in [0.15, 0.2) is 47.4 Å². The predicted molar refractivity (Wildman–Crippen MR) is 133 cm³/mol. The maximum atomic E-state index is 13.3. The zero-order valence-corrected chi connectivity index (χ0v) is 20.9. The Morgan fingerprint density at radius 2 is 1.94 bits per heavy atom. The predicted octanol–water partition coefficient (Wildman–Crippen LogP) is 4.79. The normalized spacial score (nSPS) is 10.9. The number of nitriles is 1. The second-order valence-corrected chi connectivity index (χ2v) is 9.46. The molecule has 8 heteroatoms. The Labute approximate surface area is 204 Å². The van der Waals surface area contributed by atoms with E-state index in [4.69, 9.17) is 15.0 Å². The number of esters is 1. The second kappa shape index (κ2) is 11.7. The van der Waals surface area contributed by atoms with Crippen LogP contribution in [0, 0.1) is 17.2 Å². The van der Waals surface area contributed by atoms with Crippen molar-refractivity contribution < 1.29 is 14.3 Å². The van der Waals surface area contributed by atoms with Gasteiger partial charge in [0.2, 0.25) is 0 Å². The maximum Gasteiger partial charge on any atom is 0.307 e. The van der Waals surface area contributed by atoms with Crippen LogP contribution in [0.25, 0.3) is 11.0 Å². The number of carbonyl (C=O) groups excluding carboxylic acids is 2. The van der Waals surface area contributed by atoms with Crippen molar-refractivity contribution >= 4 is 34.7 Å². The Morgan fingerprint density at radius 3 is 2.59 bits per heavy atom. The van der Waals surface area contributed by atoms with Gasteiger partial charge in [0.05, 0.1) is 41.4 Å². The highest BCUT2D eigenvalue weighted by Gasteiger charge is 2.20. The minimum atomic E-state index is -0.298. The van der Waals surface area contributed by atoms with E-state index in [2.05, 4.69) is 6.07 Å². The fourth-order valence-electron chi connectivity index (χ4n) is 3.64. The summed E-state index contributed by atoms with van der Waals surface area (Å²) >= 11 is 1.65. The van der Waals surface area contributed by atoms with Gasteiger partial charge in [-0.2, -0.15) is 5.26 Å². The van der Waals surface area contributed by atoms with Crippen LogP contribution < -0.4 is 0 Å². The van der Waals surface area contributed by atoms with Crippen molar-refractivity contribution in [2.24, 2.45) is 13.0 Å². The van der Waals surface area contributed by atoms with E-state index in [1.807, 2.05) is 55.8 Å². The number of fused-ring (bicyclic) bond motifs is 1. The van der Waals surface area contributed by atoms with Crippen LogP contribution in [0.3, 0.4) is 0 Å². The second-order valence-electron chi connectivity index (χ2n) is 8.42. The van der Waals surface area contributed by atoms with Gasteiger partial charge >= 0.3 is 5.97 Å². The lowest BCUT2D eigenvalue weighted by molar-refractivity contribution is -0.143. The van der Waals surface area contributed by atoms with Gasteiger partial charge in [-0.15, -0.1) is 11.8 Å². The first-order valence-electron chi connectivity index (χ1n) is 11.4. The molecule has 34 heavy (non-hydrogen) atoms. The quantitative estimate of drug-likeness (QED) is 0.308. The molecule has 178 valence electrons. The summed E-state index contributed by atoms with van der Waals surface area (Å²) in [5, 5.41) is 8.95. The van der Waals surface area contributed by atoms with Crippen molar-refractivity contribution in [3.63, 3.8) is 0 Å². The van der Waals surface area contributed by atoms with Gasteiger partial charge in [-0.25, -0.2) is 4.98 Å². The fourth-order valence-corrected chi connectivity index (χ4v) is 4.53. The van der Waals surface area contributed by atoms with Crippen LogP contribution in [0.2, 0.25) is 0 Å². The highest BCUT2D eigenvalue weighted by Crippen LogP contribution is 2.25. The summed E-state index contributed by atoms with van der Waals surface area (Å²) in [5.41, 5.74) is 2.91. The third-order valence-corrected chi connectivity index (χ3v) is 6.34. The lowest BCUT2D eigenvalue weighted by Gasteiger charge is -2.24. The van der Waals surface area contributed by atoms with Crippen molar-refractivity contribution in [3.8, 4) is 6.07 Å². The highest BCUT2D eigenvalue weighted by atomic mass is 32.2. The molecule has 0 bridgehead atoms. The first-order valence-corrected chi connectivity index (χ1v) is 12.3. The molecule has 0 aliphatic rings. The molecule has 1 aromatic heterocycles. The Balaban J connectivity index is 1.76. The van der Waals surface area contributed by atoms with E-state index in [0.717, 1.165) is 21.8 Å². The molecule has 3 aromatic rings. The van der Waals surface area contributed by atoms with Gasteiger partial charge in [-0.1, -0.05) is 13.8 Å². The van der Waals surface area contributed by atoms with Crippen molar-refractivity contribution in [1.82, 2.24) is 14.5 Å². The molecule has 0 atom stereocenters. The summed E-state index contributed by atoms with van der Waals surface area (Å²) in [7, 11) is 1.97. The average molecular weight is 479 g/mol. The van der Waals surface area contributed by atoms with E-state index in [1.54, 1.807) is 35.7 Å². The molecule has 0 spiro atoms. The lowest BCUT2D eigenvalue weighted by atomic mass is 10.1. The molecule has 1 heterocycles. The number of amides is 1. The van der Waals surface area contributed by atoms with Crippen LogP contribution in [-0.4, -0.2) is 46.0 Å². The van der Waals surface area contributed by atoms with Crippen molar-refractivity contribution in [2.75, 3.05) is 19.7 Å². The van der Waals surface area contributed by atoms with E-state index in [1.165, 1.54) is 0 Å². The van der Waals surface area contributed by atoms with Crippen LogP contribution >= 0.6 is 11.8 Å². The van der Waals surface area contributed by atoms with Crippen molar-refractivity contribution in [3.05, 3.63) is 59.4 Å². The smallest absolute Gasteiger partial charge is 0.307 e. The molecule has 0 saturated carbocycles. The van der Waals surface area contributed by atoms with Crippen LogP contribution in [0.1, 0.15) is 48.9 Å². The topological polar surface area (TPSA) is 88.2 Å². The summed E-state index contributed by atoms with van der Waals surface area (Å²) in [6.07, 6.45) is 0.175. The van der Waals surface area contributed by atoms with E-state index in [0.29, 0.717) is 36.6 Å². The van der Waals surface area contributed by atoms with Gasteiger partial charge in [-0.05, 0) is 55.3 Å². The average Bonchev–Trinajstić information content (AvgIpc) is 3.15. The Kier molecular flexibility index (Phi) is 8.72. The molecule has 0 saturated heterocycles. The number of aromatic nitrogens is 2. The molecule has 0 aliphatic carbocycles. The Bertz CT molecular complexity index is 1200. The highest BCUT2D eigenvalue weighted by molar-refractivity contribution is 7.98. The number of hydrogen-bond acceptors (Lipinski definition) is 6. The number of benzene rings is 2. The monoisotopic (exact) mass is 478 g/mol. The Morgan fingerprint density at radius 1 is 1.21 bits per heavy atom. The van der Waals surface area contributed by atoms with Gasteiger partial charge in [-0.3, -0.25) is 9.59 Å². The summed E-state index contributed by atoms with van der Waals surface area (Å²) in [6, 6.07) is 15.2. The molecule has 1 amide bonds. The number of ether oxygens (including phenoxy) is 1. The SMILES string of the molecule is CCOC(=O)CCN(CC(C)C)C(=O)c1ccc2c(c1)nc(CSc1ccc(C#N)cc1)n2C. The summed E-state index contributed by atoms with van der Waals surface area (Å²) in [4.78, 5) is 32.6. The van der Waals surface area contributed by atoms with Crippen LogP contribution in [-0.2, 0) is 22.3 Å². The third-order valence-electron chi connectivity index (χ3n) is 5.34. The molecular formula is C26H30N4O3S. The van der Waals surface area contributed by atoms with Crippen LogP contribution in [0.5, 0.6) is 0 Å². The van der Waals surface area contributed by atoms with Crippen LogP contribution in [0.4, 0.5) is 0 Å². The molecule has 0 N–H and O–H groups in total. The minimum absolute atomic E-state index is 0.112. The summed E-state index contributed by atoms with van der Waals surface area (Å²) in [5.74, 6) is 1.43. The first kappa shape index (κ1) is 25.3. The number of aryl methyl sites for hydroxylation is 1. The van der Waals surface area contributed by atoms with Gasteiger partial charge in [0, 0.05) is 30.6 Å². The molecule has 0 fully saturated rings. The number of imidazole rings is 1. The number of thioether (sulfide) groups is 1. The molecule has 3 rings (SSSR count). The van der Waals surface area contributed by atoms with E-state index < -0.39 is 0 Å². The molecule has 0 aliphatic heterocycles. The first-order chi connectivity index (χ1) is 16.3. The largest absolute Gasteiger partial charge is 0.466 e. The van der Waals surface area contributed by atoms with E-state index >= 15 is 0 Å². The number of nitrogens with zero attached hydrogens (tertiary/aromatic N) is 4. The van der Waals surface area contributed by atoms with E-state index in [9.17, 15) is 9.59 Å². The van der Waals surface area contributed by atoms with Gasteiger partial charge < -0.3 is 14.2 Å². The minimum Gasteiger partial charge on any atom is -0.466 e. The lowest BCUT2D eigenvalue weighted by Crippen LogP contribution is -2.36. The molecule has 2 aromatic carbocycles. The zero-order valence-electron chi connectivity index (χ0n) is 20.1. The fraction of sp³-hybridized carbons (Fsp3) is 0.385. The van der Waals surface area contributed by atoms with Crippen molar-refractivity contribution in [1.29, 1.82) is 5.26 Å². The van der Waals surface area contributed by atoms with Gasteiger partial charge in [0.15, 0.2) is 0 Å². The molecule has 7 nitrogen and oxygen atoms in total. The molecule has 0 radical (unpaired) electrons. The van der Waals surface area contributed by atoms with Gasteiger partial charge in [0.25, 0.3) is 5.91 Å². The summed E-state index contributed by atoms with van der Waals surface area (Å²) < 4.78 is 7.05. The molecule has 0 unspecified atom stereocenters. The number of carbonyl (C=O) groups is 2. The van der Waals surface area contributed by atoms with Crippen molar-refractivity contribution in [2.45, 2.75) is 37.8 Å². The Hall–Kier alpha value is -3.31. The summed E-state index contributed by atoms with van der Waals surface area (Å²) in [6.45, 7) is 7.08. The number of hydrogen-bond donors (Lipinski definition) is 0. The molecular weight excluding hydrogens is 448 g/mol. The number of rotatable bonds is 10.